The van der Waals surface area contributed by atoms with E-state index in [1.807, 2.05) is 0 Å². The molecular formula is C10H10O2S2. The molecule has 0 unspecified atom stereocenters. The van der Waals surface area contributed by atoms with Crippen LogP contribution in [0.5, 0.6) is 0 Å². The summed E-state index contributed by atoms with van der Waals surface area (Å²) in [5.74, 6) is 0.0452. The first kappa shape index (κ1) is 11.3. The average Bonchev–Trinajstić information content (AvgIpc) is 2.27. The van der Waals surface area contributed by atoms with Crippen molar-refractivity contribution >= 4 is 33.4 Å². The summed E-state index contributed by atoms with van der Waals surface area (Å²) in [6.45, 7) is 1.80. The molecule has 0 saturated carbocycles. The molecule has 0 N–H and O–H groups in total. The van der Waals surface area contributed by atoms with Gasteiger partial charge in [-0.3, -0.25) is 9.59 Å². The lowest BCUT2D eigenvalue weighted by atomic mass is 10.1. The Morgan fingerprint density at radius 3 is 2.57 bits per heavy atom. The van der Waals surface area contributed by atoms with Crippen LogP contribution in [0, 0.1) is 0 Å². The van der Waals surface area contributed by atoms with E-state index in [0.717, 1.165) is 10.8 Å². The second kappa shape index (κ2) is 5.22. The van der Waals surface area contributed by atoms with E-state index in [2.05, 4.69) is 11.7 Å². The Morgan fingerprint density at radius 1 is 1.36 bits per heavy atom. The largest absolute Gasteiger partial charge is 0.294 e. The molecule has 74 valence electrons. The Bertz CT molecular complexity index is 330. The van der Waals surface area contributed by atoms with Crippen LogP contribution in [0.1, 0.15) is 34.1 Å². The minimum absolute atomic E-state index is 0.0452. The van der Waals surface area contributed by atoms with Crippen LogP contribution >= 0.6 is 22.5 Å². The number of benzene rings is 1. The second-order valence-electron chi connectivity index (χ2n) is 2.74. The van der Waals surface area contributed by atoms with Crippen molar-refractivity contribution in [2.75, 3.05) is 0 Å². The summed E-state index contributed by atoms with van der Waals surface area (Å²) < 4.78 is 0. The molecule has 0 aliphatic rings. The van der Waals surface area contributed by atoms with Gasteiger partial charge in [-0.1, -0.05) is 25.1 Å². The monoisotopic (exact) mass is 226 g/mol. The summed E-state index contributed by atoms with van der Waals surface area (Å²) in [6, 6.07) is 6.71. The molecule has 0 spiro atoms. The van der Waals surface area contributed by atoms with Crippen molar-refractivity contribution < 1.29 is 9.59 Å². The predicted molar refractivity (Wildman–Crippen MR) is 62.0 cm³/mol. The van der Waals surface area contributed by atoms with Gasteiger partial charge in [0.2, 0.25) is 5.12 Å². The van der Waals surface area contributed by atoms with E-state index in [-0.39, 0.29) is 10.9 Å². The zero-order valence-electron chi connectivity index (χ0n) is 7.69. The SMILES string of the molecule is CCC(=O)c1cccc(C(=O)SS)c1. The Kier molecular flexibility index (Phi) is 4.22. The number of Topliss-reactive ketones (excluding diaryl/α,β-unsaturated/α-hetero) is 1. The summed E-state index contributed by atoms with van der Waals surface area (Å²) in [7, 11) is 0.850. The Balaban J connectivity index is 3.01. The van der Waals surface area contributed by atoms with Gasteiger partial charge in [-0.2, -0.15) is 0 Å². The van der Waals surface area contributed by atoms with E-state index in [1.54, 1.807) is 31.2 Å². The number of thiol groups is 1. The molecule has 0 aromatic heterocycles. The lowest BCUT2D eigenvalue weighted by Gasteiger charge is -2.00. The van der Waals surface area contributed by atoms with Crippen molar-refractivity contribution in [2.24, 2.45) is 0 Å². The highest BCUT2D eigenvalue weighted by Gasteiger charge is 2.08. The van der Waals surface area contributed by atoms with Crippen molar-refractivity contribution in [3.63, 3.8) is 0 Å². The maximum Gasteiger partial charge on any atom is 0.229 e. The van der Waals surface area contributed by atoms with E-state index in [4.69, 9.17) is 0 Å². The van der Waals surface area contributed by atoms with E-state index >= 15 is 0 Å². The van der Waals surface area contributed by atoms with Gasteiger partial charge in [0.15, 0.2) is 5.78 Å². The zero-order valence-corrected chi connectivity index (χ0v) is 9.40. The third-order valence-electron chi connectivity index (χ3n) is 1.82. The molecule has 0 amide bonds. The zero-order chi connectivity index (χ0) is 10.6. The molecule has 0 heterocycles. The van der Waals surface area contributed by atoms with Gasteiger partial charge in [0, 0.05) is 17.5 Å². The van der Waals surface area contributed by atoms with E-state index < -0.39 is 0 Å². The number of hydrogen-bond donors (Lipinski definition) is 1. The summed E-state index contributed by atoms with van der Waals surface area (Å²) in [5.41, 5.74) is 1.10. The molecule has 0 aliphatic carbocycles. The molecule has 1 aromatic rings. The average molecular weight is 226 g/mol. The molecule has 0 radical (unpaired) electrons. The van der Waals surface area contributed by atoms with Crippen LogP contribution in [0.2, 0.25) is 0 Å². The fourth-order valence-corrected chi connectivity index (χ4v) is 1.63. The van der Waals surface area contributed by atoms with Crippen LogP contribution in [0.4, 0.5) is 0 Å². The summed E-state index contributed by atoms with van der Waals surface area (Å²) in [4.78, 5) is 22.6. The van der Waals surface area contributed by atoms with Crippen LogP contribution in [0.25, 0.3) is 0 Å². The summed E-state index contributed by atoms with van der Waals surface area (Å²) in [5, 5.41) is -0.140. The molecule has 1 rings (SSSR count). The normalized spacial score (nSPS) is 9.86. The van der Waals surface area contributed by atoms with Gasteiger partial charge in [-0.05, 0) is 16.9 Å². The van der Waals surface area contributed by atoms with Crippen molar-refractivity contribution in [2.45, 2.75) is 13.3 Å². The van der Waals surface area contributed by atoms with Crippen molar-refractivity contribution in [1.29, 1.82) is 0 Å². The predicted octanol–water partition coefficient (Wildman–Crippen LogP) is 3.00. The number of carbonyl (C=O) groups is 2. The highest BCUT2D eigenvalue weighted by molar-refractivity contribution is 8.75. The molecule has 0 saturated heterocycles. The number of carbonyl (C=O) groups excluding carboxylic acids is 2. The molecule has 0 atom stereocenters. The minimum Gasteiger partial charge on any atom is -0.294 e. The van der Waals surface area contributed by atoms with Crippen molar-refractivity contribution in [3.05, 3.63) is 35.4 Å². The smallest absolute Gasteiger partial charge is 0.229 e. The minimum atomic E-state index is -0.140. The van der Waals surface area contributed by atoms with Gasteiger partial charge < -0.3 is 0 Å². The highest BCUT2D eigenvalue weighted by atomic mass is 33.1. The topological polar surface area (TPSA) is 34.1 Å². The first-order valence-corrected chi connectivity index (χ1v) is 6.05. The van der Waals surface area contributed by atoms with E-state index in [1.165, 1.54) is 0 Å². The third-order valence-corrected chi connectivity index (χ3v) is 2.72. The molecule has 0 bridgehead atoms. The molecule has 0 aliphatic heterocycles. The summed E-state index contributed by atoms with van der Waals surface area (Å²) in [6.07, 6.45) is 0.450. The molecule has 0 fully saturated rings. The lowest BCUT2D eigenvalue weighted by molar-refractivity contribution is 0.0988. The Morgan fingerprint density at radius 2 is 2.00 bits per heavy atom. The van der Waals surface area contributed by atoms with Gasteiger partial charge in [0.05, 0.1) is 0 Å². The van der Waals surface area contributed by atoms with Crippen LogP contribution in [0.3, 0.4) is 0 Å². The van der Waals surface area contributed by atoms with Gasteiger partial charge in [-0.15, -0.1) is 11.7 Å². The number of rotatable bonds is 3. The number of hydrogen-bond acceptors (Lipinski definition) is 4. The van der Waals surface area contributed by atoms with Crippen molar-refractivity contribution in [1.82, 2.24) is 0 Å². The van der Waals surface area contributed by atoms with Gasteiger partial charge >= 0.3 is 0 Å². The summed E-state index contributed by atoms with van der Waals surface area (Å²) >= 11 is 3.82. The maximum atomic E-state index is 11.3. The first-order valence-electron chi connectivity index (χ1n) is 4.18. The lowest BCUT2D eigenvalue weighted by Crippen LogP contribution is -1.99. The van der Waals surface area contributed by atoms with Crippen LogP contribution in [-0.2, 0) is 0 Å². The standard InChI is InChI=1S/C10H10O2S2/c1-2-9(11)7-4-3-5-8(6-7)10(12)14-13/h3-6,13H,2H2,1H3. The number of ketones is 1. The highest BCUT2D eigenvalue weighted by Crippen LogP contribution is 2.17. The van der Waals surface area contributed by atoms with E-state index in [0.29, 0.717) is 17.5 Å². The second-order valence-corrected chi connectivity index (χ2v) is 3.84. The van der Waals surface area contributed by atoms with Crippen LogP contribution in [-0.4, -0.2) is 10.9 Å². The van der Waals surface area contributed by atoms with Gasteiger partial charge in [0.25, 0.3) is 0 Å². The third kappa shape index (κ3) is 2.62. The van der Waals surface area contributed by atoms with Gasteiger partial charge in [-0.25, -0.2) is 0 Å². The Hall–Kier alpha value is -0.740. The van der Waals surface area contributed by atoms with Crippen LogP contribution < -0.4 is 0 Å². The molecule has 14 heavy (non-hydrogen) atoms. The molecular weight excluding hydrogens is 216 g/mol. The fraction of sp³-hybridized carbons (Fsp3) is 0.200. The molecule has 2 nitrogen and oxygen atoms in total. The van der Waals surface area contributed by atoms with E-state index in [9.17, 15) is 9.59 Å². The quantitative estimate of drug-likeness (QED) is 0.489. The maximum absolute atomic E-state index is 11.3. The van der Waals surface area contributed by atoms with Crippen molar-refractivity contribution in [3.8, 4) is 0 Å². The van der Waals surface area contributed by atoms with Gasteiger partial charge in [0.1, 0.15) is 0 Å². The van der Waals surface area contributed by atoms with Crippen LogP contribution in [0.15, 0.2) is 24.3 Å². The molecule has 1 aromatic carbocycles. The Labute approximate surface area is 91.9 Å². The molecule has 4 heteroatoms. The first-order chi connectivity index (χ1) is 6.69. The fourth-order valence-electron chi connectivity index (χ4n) is 1.08.